The highest BCUT2D eigenvalue weighted by Crippen LogP contribution is 2.27. The van der Waals surface area contributed by atoms with Crippen molar-refractivity contribution in [3.05, 3.63) is 47.5 Å². The first-order valence-corrected chi connectivity index (χ1v) is 7.97. The number of hydrogen-bond acceptors (Lipinski definition) is 4. The Morgan fingerprint density at radius 3 is 2.50 bits per heavy atom. The van der Waals surface area contributed by atoms with Crippen LogP contribution < -0.4 is 5.32 Å². The molecule has 0 spiro atoms. The first kappa shape index (κ1) is 19.7. The molecule has 2 aromatic rings. The first-order valence-electron chi connectivity index (χ1n) is 7.97. The zero-order chi connectivity index (χ0) is 19.4. The van der Waals surface area contributed by atoms with Gasteiger partial charge in [0, 0.05) is 24.5 Å². The Morgan fingerprint density at radius 2 is 1.92 bits per heavy atom. The van der Waals surface area contributed by atoms with Crippen LogP contribution in [0.25, 0.3) is 0 Å². The van der Waals surface area contributed by atoms with Crippen molar-refractivity contribution in [2.45, 2.75) is 40.0 Å². The zero-order valence-electron chi connectivity index (χ0n) is 14.8. The highest BCUT2D eigenvalue weighted by atomic mass is 19.4. The van der Waals surface area contributed by atoms with Gasteiger partial charge in [0.05, 0.1) is 19.3 Å². The second-order valence-electron chi connectivity index (χ2n) is 7.09. The van der Waals surface area contributed by atoms with Crippen LogP contribution in [0.3, 0.4) is 0 Å². The van der Waals surface area contributed by atoms with Gasteiger partial charge in [-0.15, -0.1) is 0 Å². The van der Waals surface area contributed by atoms with Crippen LogP contribution in [0.5, 0.6) is 0 Å². The lowest BCUT2D eigenvalue weighted by Gasteiger charge is -2.17. The molecule has 1 N–H and O–H groups in total. The summed E-state index contributed by atoms with van der Waals surface area (Å²) >= 11 is 0. The number of hydrogen-bond donors (Lipinski definition) is 1. The number of aromatic nitrogens is 3. The number of halogens is 3. The van der Waals surface area contributed by atoms with E-state index in [1.54, 1.807) is 17.1 Å². The fourth-order valence-corrected chi connectivity index (χ4v) is 1.96. The van der Waals surface area contributed by atoms with E-state index in [1.807, 2.05) is 20.8 Å². The van der Waals surface area contributed by atoms with E-state index in [-0.39, 0.29) is 18.5 Å². The third kappa shape index (κ3) is 6.38. The minimum atomic E-state index is -4.45. The fourth-order valence-electron chi connectivity index (χ4n) is 1.96. The summed E-state index contributed by atoms with van der Waals surface area (Å²) in [6, 6.07) is 2.30. The highest BCUT2D eigenvalue weighted by Gasteiger charge is 2.31. The van der Waals surface area contributed by atoms with Crippen LogP contribution >= 0.6 is 0 Å². The Labute approximate surface area is 149 Å². The molecule has 2 rings (SSSR count). The fraction of sp³-hybridized carbons (Fsp3) is 0.471. The molecule has 26 heavy (non-hydrogen) atoms. The number of amides is 1. The number of alkyl halides is 3. The molecule has 0 atom stereocenters. The van der Waals surface area contributed by atoms with Gasteiger partial charge in [-0.05, 0) is 17.0 Å². The number of carbonyl (C=O) groups is 1. The lowest BCUT2D eigenvalue weighted by Crippen LogP contribution is -2.27. The lowest BCUT2D eigenvalue weighted by molar-refractivity contribution is -0.141. The summed E-state index contributed by atoms with van der Waals surface area (Å²) in [5.41, 5.74) is 0.293. The van der Waals surface area contributed by atoms with Gasteiger partial charge in [-0.25, -0.2) is 4.79 Å². The van der Waals surface area contributed by atoms with Crippen molar-refractivity contribution in [3.8, 4) is 0 Å². The average Bonchev–Trinajstić information content (AvgIpc) is 2.97. The summed E-state index contributed by atoms with van der Waals surface area (Å²) in [6.45, 7) is 6.70. The number of pyridine rings is 1. The van der Waals surface area contributed by atoms with Gasteiger partial charge in [-0.2, -0.15) is 18.3 Å². The molecule has 2 heterocycles. The van der Waals surface area contributed by atoms with Crippen LogP contribution in [0, 0.1) is 5.41 Å². The molecule has 0 aliphatic carbocycles. The number of alkyl carbamates (subject to hydrolysis) is 1. The normalized spacial score (nSPS) is 12.1. The molecule has 0 bridgehead atoms. The smallest absolute Gasteiger partial charge is 0.433 e. The molecule has 142 valence electrons. The summed E-state index contributed by atoms with van der Waals surface area (Å²) in [5, 5.41) is 6.74. The topological polar surface area (TPSA) is 69.0 Å². The van der Waals surface area contributed by atoms with E-state index in [0.29, 0.717) is 12.2 Å². The highest BCUT2D eigenvalue weighted by molar-refractivity contribution is 5.67. The molecule has 0 unspecified atom stereocenters. The van der Waals surface area contributed by atoms with E-state index >= 15 is 0 Å². The maximum Gasteiger partial charge on any atom is 0.433 e. The predicted molar refractivity (Wildman–Crippen MR) is 88.2 cm³/mol. The molecule has 1 amide bonds. The van der Waals surface area contributed by atoms with Crippen molar-refractivity contribution in [2.24, 2.45) is 5.41 Å². The molecule has 0 saturated heterocycles. The van der Waals surface area contributed by atoms with Crippen molar-refractivity contribution in [2.75, 3.05) is 6.61 Å². The SMILES string of the molecule is CC(C)(C)COC(=O)NCc1cnn(Cc2ccc(C(F)(F)F)nc2)c1. The van der Waals surface area contributed by atoms with Gasteiger partial charge < -0.3 is 10.1 Å². The van der Waals surface area contributed by atoms with Gasteiger partial charge in [0.15, 0.2) is 0 Å². The Kier molecular flexibility index (Phi) is 5.89. The van der Waals surface area contributed by atoms with Gasteiger partial charge in [-0.1, -0.05) is 26.8 Å². The second-order valence-corrected chi connectivity index (χ2v) is 7.09. The number of nitrogens with zero attached hydrogens (tertiary/aromatic N) is 3. The van der Waals surface area contributed by atoms with E-state index in [9.17, 15) is 18.0 Å². The Balaban J connectivity index is 1.85. The van der Waals surface area contributed by atoms with Crippen molar-refractivity contribution >= 4 is 6.09 Å². The van der Waals surface area contributed by atoms with Gasteiger partial charge in [0.2, 0.25) is 0 Å². The van der Waals surface area contributed by atoms with Crippen molar-refractivity contribution in [1.82, 2.24) is 20.1 Å². The maximum atomic E-state index is 12.5. The molecule has 0 radical (unpaired) electrons. The third-order valence-electron chi connectivity index (χ3n) is 3.22. The second kappa shape index (κ2) is 7.76. The molecule has 0 fully saturated rings. The molecule has 0 aromatic carbocycles. The molecule has 6 nitrogen and oxygen atoms in total. The monoisotopic (exact) mass is 370 g/mol. The lowest BCUT2D eigenvalue weighted by atomic mass is 9.99. The molecule has 9 heteroatoms. The van der Waals surface area contributed by atoms with E-state index in [2.05, 4.69) is 15.4 Å². The van der Waals surface area contributed by atoms with Crippen LogP contribution in [-0.2, 0) is 24.0 Å². The van der Waals surface area contributed by atoms with Gasteiger partial charge in [0.25, 0.3) is 0 Å². The quantitative estimate of drug-likeness (QED) is 0.873. The molecular formula is C17H21F3N4O2. The van der Waals surface area contributed by atoms with Crippen LogP contribution in [0.4, 0.5) is 18.0 Å². The van der Waals surface area contributed by atoms with Gasteiger partial charge in [-0.3, -0.25) is 9.67 Å². The third-order valence-corrected chi connectivity index (χ3v) is 3.22. The predicted octanol–water partition coefficient (Wildman–Crippen LogP) is 3.62. The molecule has 0 aliphatic rings. The maximum absolute atomic E-state index is 12.5. The number of ether oxygens (including phenoxy) is 1. The van der Waals surface area contributed by atoms with Crippen LogP contribution in [0.1, 0.15) is 37.6 Å². The van der Waals surface area contributed by atoms with Crippen LogP contribution in [-0.4, -0.2) is 27.5 Å². The molecule has 0 aliphatic heterocycles. The number of carbonyl (C=O) groups excluding carboxylic acids is 1. The van der Waals surface area contributed by atoms with Crippen LogP contribution in [0.2, 0.25) is 0 Å². The Bertz CT molecular complexity index is 734. The van der Waals surface area contributed by atoms with Gasteiger partial charge in [0.1, 0.15) is 5.69 Å². The molecule has 2 aromatic heterocycles. The number of nitrogens with one attached hydrogen (secondary N) is 1. The van der Waals surface area contributed by atoms with Crippen LogP contribution in [0.15, 0.2) is 30.7 Å². The largest absolute Gasteiger partial charge is 0.449 e. The molecular weight excluding hydrogens is 349 g/mol. The average molecular weight is 370 g/mol. The van der Waals surface area contributed by atoms with E-state index < -0.39 is 18.0 Å². The van der Waals surface area contributed by atoms with E-state index in [4.69, 9.17) is 4.74 Å². The summed E-state index contributed by atoms with van der Waals surface area (Å²) in [4.78, 5) is 15.0. The van der Waals surface area contributed by atoms with Gasteiger partial charge >= 0.3 is 12.3 Å². The Morgan fingerprint density at radius 1 is 1.19 bits per heavy atom. The van der Waals surface area contributed by atoms with Crippen molar-refractivity contribution in [1.29, 1.82) is 0 Å². The molecule has 0 saturated carbocycles. The summed E-state index contributed by atoms with van der Waals surface area (Å²) in [7, 11) is 0. The van der Waals surface area contributed by atoms with Crippen molar-refractivity contribution in [3.63, 3.8) is 0 Å². The van der Waals surface area contributed by atoms with Crippen molar-refractivity contribution < 1.29 is 22.7 Å². The summed E-state index contributed by atoms with van der Waals surface area (Å²) in [5.74, 6) is 0. The number of rotatable bonds is 5. The first-order chi connectivity index (χ1) is 12.0. The van der Waals surface area contributed by atoms with E-state index in [0.717, 1.165) is 11.6 Å². The minimum absolute atomic E-state index is 0.113. The minimum Gasteiger partial charge on any atom is -0.449 e. The summed E-state index contributed by atoms with van der Waals surface area (Å²) < 4.78 is 44.1. The summed E-state index contributed by atoms with van der Waals surface area (Å²) in [6.07, 6.45) is -0.528. The Hall–Kier alpha value is -2.58. The van der Waals surface area contributed by atoms with E-state index in [1.165, 1.54) is 12.3 Å². The standard InChI is InChI=1S/C17H21F3N4O2/c1-16(2,3)11-26-15(25)22-7-13-8-23-24(10-13)9-12-4-5-14(21-6-12)17(18,19)20/h4-6,8,10H,7,9,11H2,1-3H3,(H,22,25). The zero-order valence-corrected chi connectivity index (χ0v) is 14.8.